The SMILES string of the molecule is COc1ccc(CC(=O)N(Cc2nnc(-c3ccccc3Cl)o2)C2CC2)cc1. The summed E-state index contributed by atoms with van der Waals surface area (Å²) < 4.78 is 10.9. The van der Waals surface area contributed by atoms with Crippen LogP contribution in [-0.2, 0) is 17.8 Å². The predicted octanol–water partition coefficient (Wildman–Crippen LogP) is 4.13. The summed E-state index contributed by atoms with van der Waals surface area (Å²) >= 11 is 6.20. The van der Waals surface area contributed by atoms with Gasteiger partial charge in [-0.15, -0.1) is 10.2 Å². The van der Waals surface area contributed by atoms with Crippen LogP contribution in [0.15, 0.2) is 52.9 Å². The third kappa shape index (κ3) is 4.17. The van der Waals surface area contributed by atoms with Crippen LogP contribution in [0, 0.1) is 0 Å². The van der Waals surface area contributed by atoms with Gasteiger partial charge in [0.1, 0.15) is 5.75 Å². The number of ether oxygens (including phenoxy) is 1. The summed E-state index contributed by atoms with van der Waals surface area (Å²) in [7, 11) is 1.62. The molecule has 0 atom stereocenters. The molecular weight excluding hydrogens is 378 g/mol. The number of carbonyl (C=O) groups excluding carboxylic acids is 1. The van der Waals surface area contributed by atoms with Gasteiger partial charge in [0, 0.05) is 6.04 Å². The Bertz CT molecular complexity index is 967. The number of hydrogen-bond acceptors (Lipinski definition) is 5. The Kier molecular flexibility index (Phi) is 5.30. The lowest BCUT2D eigenvalue weighted by molar-refractivity contribution is -0.132. The fourth-order valence-electron chi connectivity index (χ4n) is 3.03. The van der Waals surface area contributed by atoms with Crippen LogP contribution >= 0.6 is 11.6 Å². The molecule has 144 valence electrons. The van der Waals surface area contributed by atoms with Crippen LogP contribution in [0.1, 0.15) is 24.3 Å². The average Bonchev–Trinajstić information content (AvgIpc) is 3.45. The van der Waals surface area contributed by atoms with E-state index in [4.69, 9.17) is 20.8 Å². The van der Waals surface area contributed by atoms with Gasteiger partial charge >= 0.3 is 0 Å². The molecule has 7 heteroatoms. The summed E-state index contributed by atoms with van der Waals surface area (Å²) in [5, 5.41) is 8.75. The molecular formula is C21H20ClN3O3. The zero-order valence-electron chi connectivity index (χ0n) is 15.5. The van der Waals surface area contributed by atoms with Gasteiger partial charge in [-0.3, -0.25) is 4.79 Å². The van der Waals surface area contributed by atoms with E-state index in [2.05, 4.69) is 10.2 Å². The van der Waals surface area contributed by atoms with E-state index in [0.717, 1.165) is 24.2 Å². The first-order valence-electron chi connectivity index (χ1n) is 9.13. The molecule has 3 aromatic rings. The van der Waals surface area contributed by atoms with Gasteiger partial charge in [0.25, 0.3) is 0 Å². The number of amides is 1. The second-order valence-corrected chi connectivity index (χ2v) is 7.17. The van der Waals surface area contributed by atoms with Gasteiger partial charge in [0.15, 0.2) is 0 Å². The van der Waals surface area contributed by atoms with E-state index in [-0.39, 0.29) is 11.9 Å². The van der Waals surface area contributed by atoms with E-state index < -0.39 is 0 Å². The fourth-order valence-corrected chi connectivity index (χ4v) is 3.25. The molecule has 1 saturated carbocycles. The first kappa shape index (κ1) is 18.5. The molecule has 6 nitrogen and oxygen atoms in total. The van der Waals surface area contributed by atoms with Crippen molar-refractivity contribution in [2.75, 3.05) is 7.11 Å². The van der Waals surface area contributed by atoms with Gasteiger partial charge in [-0.25, -0.2) is 0 Å². The number of nitrogens with zero attached hydrogens (tertiary/aromatic N) is 3. The Hall–Kier alpha value is -2.86. The topological polar surface area (TPSA) is 68.5 Å². The first-order valence-corrected chi connectivity index (χ1v) is 9.51. The molecule has 0 bridgehead atoms. The van der Waals surface area contributed by atoms with Crippen molar-refractivity contribution in [1.29, 1.82) is 0 Å². The third-order valence-corrected chi connectivity index (χ3v) is 5.03. The van der Waals surface area contributed by atoms with Crippen LogP contribution in [-0.4, -0.2) is 34.2 Å². The van der Waals surface area contributed by atoms with Gasteiger partial charge < -0.3 is 14.1 Å². The summed E-state index contributed by atoms with van der Waals surface area (Å²) in [5.74, 6) is 1.59. The Morgan fingerprint density at radius 2 is 1.93 bits per heavy atom. The maximum atomic E-state index is 12.9. The van der Waals surface area contributed by atoms with Crippen molar-refractivity contribution in [3.05, 3.63) is 65.0 Å². The summed E-state index contributed by atoms with van der Waals surface area (Å²) in [6.45, 7) is 0.303. The maximum absolute atomic E-state index is 12.9. The standard InChI is InChI=1S/C21H20ClN3O3/c1-27-16-10-6-14(7-11-16)12-20(26)25(15-8-9-15)13-19-23-24-21(28-19)17-4-2-3-5-18(17)22/h2-7,10-11,15H,8-9,12-13H2,1H3. The molecule has 1 amide bonds. The summed E-state index contributed by atoms with van der Waals surface area (Å²) in [6.07, 6.45) is 2.33. The molecule has 1 aliphatic carbocycles. The van der Waals surface area contributed by atoms with Gasteiger partial charge in [-0.05, 0) is 42.7 Å². The summed E-state index contributed by atoms with van der Waals surface area (Å²) in [4.78, 5) is 14.7. The first-order chi connectivity index (χ1) is 13.6. The van der Waals surface area contributed by atoms with Crippen molar-refractivity contribution in [3.8, 4) is 17.2 Å². The highest BCUT2D eigenvalue weighted by atomic mass is 35.5. The number of aromatic nitrogens is 2. The van der Waals surface area contributed by atoms with E-state index in [1.807, 2.05) is 47.4 Å². The molecule has 28 heavy (non-hydrogen) atoms. The van der Waals surface area contributed by atoms with E-state index >= 15 is 0 Å². The van der Waals surface area contributed by atoms with E-state index in [0.29, 0.717) is 35.3 Å². The summed E-state index contributed by atoms with van der Waals surface area (Å²) in [5.41, 5.74) is 1.63. The van der Waals surface area contributed by atoms with Crippen LogP contribution in [0.2, 0.25) is 5.02 Å². The maximum Gasteiger partial charge on any atom is 0.249 e. The minimum atomic E-state index is 0.0464. The molecule has 2 aromatic carbocycles. The minimum absolute atomic E-state index is 0.0464. The van der Waals surface area contributed by atoms with Crippen molar-refractivity contribution in [2.24, 2.45) is 0 Å². The number of benzene rings is 2. The van der Waals surface area contributed by atoms with Crippen LogP contribution in [0.3, 0.4) is 0 Å². The van der Waals surface area contributed by atoms with E-state index in [1.165, 1.54) is 0 Å². The minimum Gasteiger partial charge on any atom is -0.497 e. The van der Waals surface area contributed by atoms with Crippen molar-refractivity contribution in [1.82, 2.24) is 15.1 Å². The quantitative estimate of drug-likeness (QED) is 0.599. The Morgan fingerprint density at radius 3 is 2.61 bits per heavy atom. The molecule has 0 unspecified atom stereocenters. The van der Waals surface area contributed by atoms with E-state index in [9.17, 15) is 4.79 Å². The largest absolute Gasteiger partial charge is 0.497 e. The lowest BCUT2D eigenvalue weighted by Gasteiger charge is -2.20. The Balaban J connectivity index is 1.47. The predicted molar refractivity (Wildman–Crippen MR) is 105 cm³/mol. The van der Waals surface area contributed by atoms with E-state index in [1.54, 1.807) is 13.2 Å². The number of rotatable bonds is 7. The van der Waals surface area contributed by atoms with Gasteiger partial charge in [0.2, 0.25) is 17.7 Å². The van der Waals surface area contributed by atoms with Crippen molar-refractivity contribution < 1.29 is 13.9 Å². The smallest absolute Gasteiger partial charge is 0.249 e. The molecule has 0 spiro atoms. The second kappa shape index (κ2) is 8.02. The molecule has 0 aliphatic heterocycles. The summed E-state index contributed by atoms with van der Waals surface area (Å²) in [6, 6.07) is 15.1. The number of carbonyl (C=O) groups is 1. The third-order valence-electron chi connectivity index (χ3n) is 4.70. The second-order valence-electron chi connectivity index (χ2n) is 6.76. The molecule has 1 heterocycles. The van der Waals surface area contributed by atoms with Gasteiger partial charge in [-0.1, -0.05) is 35.9 Å². The lowest BCUT2D eigenvalue weighted by Crippen LogP contribution is -2.33. The Labute approximate surface area is 168 Å². The highest BCUT2D eigenvalue weighted by molar-refractivity contribution is 6.33. The van der Waals surface area contributed by atoms with Crippen LogP contribution in [0.25, 0.3) is 11.5 Å². The van der Waals surface area contributed by atoms with Crippen molar-refractivity contribution in [3.63, 3.8) is 0 Å². The normalized spacial score (nSPS) is 13.4. The molecule has 1 fully saturated rings. The number of halogens is 1. The van der Waals surface area contributed by atoms with Crippen LogP contribution in [0.4, 0.5) is 0 Å². The lowest BCUT2D eigenvalue weighted by atomic mass is 10.1. The highest BCUT2D eigenvalue weighted by Crippen LogP contribution is 2.30. The van der Waals surface area contributed by atoms with Gasteiger partial charge in [0.05, 0.1) is 30.7 Å². The monoisotopic (exact) mass is 397 g/mol. The molecule has 1 aliphatic rings. The molecule has 0 radical (unpaired) electrons. The molecule has 0 saturated heterocycles. The molecule has 1 aromatic heterocycles. The zero-order valence-corrected chi connectivity index (χ0v) is 16.2. The van der Waals surface area contributed by atoms with Crippen LogP contribution in [0.5, 0.6) is 5.75 Å². The average molecular weight is 398 g/mol. The highest BCUT2D eigenvalue weighted by Gasteiger charge is 2.33. The molecule has 4 rings (SSSR count). The van der Waals surface area contributed by atoms with Crippen LogP contribution < -0.4 is 4.74 Å². The fraction of sp³-hybridized carbons (Fsp3) is 0.286. The zero-order chi connectivity index (χ0) is 19.5. The molecule has 0 N–H and O–H groups in total. The van der Waals surface area contributed by atoms with Gasteiger partial charge in [-0.2, -0.15) is 0 Å². The number of methoxy groups -OCH3 is 1. The Morgan fingerprint density at radius 1 is 1.18 bits per heavy atom. The number of hydrogen-bond donors (Lipinski definition) is 0. The van der Waals surface area contributed by atoms with Crippen molar-refractivity contribution in [2.45, 2.75) is 31.8 Å². The van der Waals surface area contributed by atoms with Crippen molar-refractivity contribution >= 4 is 17.5 Å².